The van der Waals surface area contributed by atoms with E-state index < -0.39 is 0 Å². The number of thioether (sulfide) groups is 1. The molecule has 0 spiro atoms. The number of rotatable bonds is 9. The van der Waals surface area contributed by atoms with Crippen LogP contribution in [0.15, 0.2) is 71.8 Å². The van der Waals surface area contributed by atoms with Crippen LogP contribution in [0.2, 0.25) is 0 Å². The molecular formula is C22H22N6O2S. The number of aromatic nitrogens is 4. The van der Waals surface area contributed by atoms with Gasteiger partial charge in [-0.15, -0.1) is 10.2 Å². The van der Waals surface area contributed by atoms with Crippen LogP contribution in [-0.4, -0.2) is 38.1 Å². The molecule has 0 unspecified atom stereocenters. The molecule has 31 heavy (non-hydrogen) atoms. The molecule has 0 aliphatic carbocycles. The Bertz CT molecular complexity index is 1150. The monoisotopic (exact) mass is 434 g/mol. The fraction of sp³-hybridized carbons (Fsp3) is 0.182. The number of fused-ring (bicyclic) bond motifs is 1. The normalized spacial score (nSPS) is 10.7. The number of hydrogen-bond acceptors (Lipinski definition) is 7. The standard InChI is InChI=1S/C22H22N6O2S/c1-2-30-18-10-8-17(9-11-18)24-22-26-25-19-12-13-21(27-28(19)22)31-15-20(29)23-14-16-6-4-3-5-7-16/h3-13H,2,14-15H2,1H3,(H,23,29)(H,24,26). The number of nitrogens with zero attached hydrogens (tertiary/aromatic N) is 4. The number of hydrogen-bond donors (Lipinski definition) is 2. The third-order valence-electron chi connectivity index (χ3n) is 4.34. The molecule has 4 aromatic rings. The molecule has 2 aromatic heterocycles. The average molecular weight is 435 g/mol. The van der Waals surface area contributed by atoms with E-state index in [2.05, 4.69) is 25.9 Å². The minimum Gasteiger partial charge on any atom is -0.494 e. The minimum absolute atomic E-state index is 0.0488. The minimum atomic E-state index is -0.0488. The molecule has 0 radical (unpaired) electrons. The molecule has 0 bridgehead atoms. The van der Waals surface area contributed by atoms with E-state index in [1.807, 2.05) is 73.7 Å². The van der Waals surface area contributed by atoms with Crippen LogP contribution in [0.1, 0.15) is 12.5 Å². The number of carbonyl (C=O) groups is 1. The second kappa shape index (κ2) is 9.94. The Morgan fingerprint density at radius 3 is 2.61 bits per heavy atom. The van der Waals surface area contributed by atoms with Gasteiger partial charge >= 0.3 is 0 Å². The van der Waals surface area contributed by atoms with Crippen LogP contribution in [-0.2, 0) is 11.3 Å². The zero-order valence-corrected chi connectivity index (χ0v) is 17.8. The van der Waals surface area contributed by atoms with Crippen LogP contribution < -0.4 is 15.4 Å². The Balaban J connectivity index is 1.37. The van der Waals surface area contributed by atoms with Gasteiger partial charge < -0.3 is 15.4 Å². The summed E-state index contributed by atoms with van der Waals surface area (Å²) in [4.78, 5) is 12.2. The van der Waals surface area contributed by atoms with E-state index in [0.717, 1.165) is 17.0 Å². The van der Waals surface area contributed by atoms with Crippen molar-refractivity contribution in [3.8, 4) is 5.75 Å². The highest BCUT2D eigenvalue weighted by molar-refractivity contribution is 7.99. The Labute approximate surface area is 184 Å². The lowest BCUT2D eigenvalue weighted by molar-refractivity contribution is -0.118. The van der Waals surface area contributed by atoms with Crippen LogP contribution in [0, 0.1) is 0 Å². The maximum atomic E-state index is 12.2. The van der Waals surface area contributed by atoms with Crippen LogP contribution in [0.4, 0.5) is 11.6 Å². The van der Waals surface area contributed by atoms with Gasteiger partial charge in [0.2, 0.25) is 11.9 Å². The fourth-order valence-corrected chi connectivity index (χ4v) is 3.53. The summed E-state index contributed by atoms with van der Waals surface area (Å²) in [6.45, 7) is 3.08. The van der Waals surface area contributed by atoms with Crippen molar-refractivity contribution in [1.29, 1.82) is 0 Å². The first-order valence-electron chi connectivity index (χ1n) is 9.87. The number of nitrogens with one attached hydrogen (secondary N) is 2. The largest absolute Gasteiger partial charge is 0.494 e. The summed E-state index contributed by atoms with van der Waals surface area (Å²) < 4.78 is 7.09. The van der Waals surface area contributed by atoms with Gasteiger partial charge in [0.1, 0.15) is 10.8 Å². The van der Waals surface area contributed by atoms with Crippen LogP contribution >= 0.6 is 11.8 Å². The second-order valence-electron chi connectivity index (χ2n) is 6.60. The van der Waals surface area contributed by atoms with Crippen molar-refractivity contribution in [3.05, 3.63) is 72.3 Å². The van der Waals surface area contributed by atoms with Gasteiger partial charge in [0.25, 0.3) is 0 Å². The van der Waals surface area contributed by atoms with Crippen molar-refractivity contribution in [3.63, 3.8) is 0 Å². The highest BCUT2D eigenvalue weighted by Crippen LogP contribution is 2.21. The first-order chi connectivity index (χ1) is 15.2. The molecule has 158 valence electrons. The quantitative estimate of drug-likeness (QED) is 0.388. The molecule has 0 fully saturated rings. The molecule has 2 heterocycles. The van der Waals surface area contributed by atoms with E-state index in [4.69, 9.17) is 4.74 Å². The molecule has 4 rings (SSSR count). The van der Waals surface area contributed by atoms with Crippen molar-refractivity contribution in [2.24, 2.45) is 0 Å². The SMILES string of the molecule is CCOc1ccc(Nc2nnc3ccc(SCC(=O)NCc4ccccc4)nn23)cc1. The number of carbonyl (C=O) groups excluding carboxylic acids is 1. The summed E-state index contributed by atoms with van der Waals surface area (Å²) in [6, 6.07) is 21.1. The van der Waals surface area contributed by atoms with Crippen molar-refractivity contribution < 1.29 is 9.53 Å². The molecule has 0 atom stereocenters. The maximum Gasteiger partial charge on any atom is 0.250 e. The number of benzene rings is 2. The molecule has 9 heteroatoms. The molecule has 0 aliphatic rings. The summed E-state index contributed by atoms with van der Waals surface area (Å²) in [5.41, 5.74) is 2.53. The molecule has 2 aromatic carbocycles. The van der Waals surface area contributed by atoms with Gasteiger partial charge in [-0.2, -0.15) is 9.61 Å². The molecule has 8 nitrogen and oxygen atoms in total. The Morgan fingerprint density at radius 1 is 1.03 bits per heavy atom. The summed E-state index contributed by atoms with van der Waals surface area (Å²) >= 11 is 1.36. The van der Waals surface area contributed by atoms with Crippen molar-refractivity contribution in [2.45, 2.75) is 18.5 Å². The van der Waals surface area contributed by atoms with E-state index >= 15 is 0 Å². The lowest BCUT2D eigenvalue weighted by Gasteiger charge is -2.07. The zero-order valence-electron chi connectivity index (χ0n) is 17.0. The zero-order chi connectivity index (χ0) is 21.5. The first kappa shape index (κ1) is 20.7. The predicted molar refractivity (Wildman–Crippen MR) is 121 cm³/mol. The third kappa shape index (κ3) is 5.52. The van der Waals surface area contributed by atoms with Crippen molar-refractivity contribution in [1.82, 2.24) is 25.1 Å². The van der Waals surface area contributed by atoms with Gasteiger partial charge in [-0.3, -0.25) is 4.79 Å². The number of ether oxygens (including phenoxy) is 1. The molecule has 2 N–H and O–H groups in total. The van der Waals surface area contributed by atoms with Gasteiger partial charge in [-0.25, -0.2) is 0 Å². The lowest BCUT2D eigenvalue weighted by Crippen LogP contribution is -2.24. The number of amides is 1. The lowest BCUT2D eigenvalue weighted by atomic mass is 10.2. The molecule has 0 saturated carbocycles. The highest BCUT2D eigenvalue weighted by atomic mass is 32.2. The average Bonchev–Trinajstić information content (AvgIpc) is 3.20. The summed E-state index contributed by atoms with van der Waals surface area (Å²) in [7, 11) is 0. The van der Waals surface area contributed by atoms with Crippen LogP contribution in [0.3, 0.4) is 0 Å². The van der Waals surface area contributed by atoms with E-state index in [-0.39, 0.29) is 11.7 Å². The van der Waals surface area contributed by atoms with Gasteiger partial charge in [0.15, 0.2) is 5.65 Å². The van der Waals surface area contributed by atoms with E-state index in [1.54, 1.807) is 4.52 Å². The van der Waals surface area contributed by atoms with Crippen LogP contribution in [0.5, 0.6) is 5.75 Å². The van der Waals surface area contributed by atoms with E-state index in [9.17, 15) is 4.79 Å². The molecule has 1 amide bonds. The second-order valence-corrected chi connectivity index (χ2v) is 7.59. The first-order valence-corrected chi connectivity index (χ1v) is 10.9. The topological polar surface area (TPSA) is 93.4 Å². The highest BCUT2D eigenvalue weighted by Gasteiger charge is 2.10. The molecule has 0 aliphatic heterocycles. The smallest absolute Gasteiger partial charge is 0.250 e. The summed E-state index contributed by atoms with van der Waals surface area (Å²) in [5.74, 6) is 1.53. The Hall–Kier alpha value is -3.59. The van der Waals surface area contributed by atoms with Gasteiger partial charge in [0, 0.05) is 12.2 Å². The van der Waals surface area contributed by atoms with Gasteiger partial charge in [-0.1, -0.05) is 42.1 Å². The van der Waals surface area contributed by atoms with Crippen molar-refractivity contribution in [2.75, 3.05) is 17.7 Å². The van der Waals surface area contributed by atoms with Crippen LogP contribution in [0.25, 0.3) is 5.65 Å². The van der Waals surface area contributed by atoms with Gasteiger partial charge in [0.05, 0.1) is 12.4 Å². The maximum absolute atomic E-state index is 12.2. The Kier molecular flexibility index (Phi) is 6.63. The number of anilines is 2. The van der Waals surface area contributed by atoms with E-state index in [1.165, 1.54) is 11.8 Å². The third-order valence-corrected chi connectivity index (χ3v) is 5.26. The molecule has 0 saturated heterocycles. The summed E-state index contributed by atoms with van der Waals surface area (Å²) in [5, 5.41) is 19.7. The summed E-state index contributed by atoms with van der Waals surface area (Å²) in [6.07, 6.45) is 0. The fourth-order valence-electron chi connectivity index (χ4n) is 2.84. The Morgan fingerprint density at radius 2 is 1.84 bits per heavy atom. The van der Waals surface area contributed by atoms with E-state index in [0.29, 0.717) is 29.8 Å². The molecular weight excluding hydrogens is 412 g/mol. The predicted octanol–water partition coefficient (Wildman–Crippen LogP) is 3.68. The van der Waals surface area contributed by atoms with Crippen molar-refractivity contribution >= 4 is 35.0 Å². The van der Waals surface area contributed by atoms with Gasteiger partial charge in [-0.05, 0) is 48.9 Å².